The molecule has 0 aliphatic carbocycles. The number of hydrogen-bond donors (Lipinski definition) is 0. The number of aryl methyl sites for hydroxylation is 2. The molecule has 2 heteroatoms. The zero-order valence-electron chi connectivity index (χ0n) is 11.8. The van der Waals surface area contributed by atoms with Crippen LogP contribution in [0.25, 0.3) is 0 Å². The van der Waals surface area contributed by atoms with Crippen molar-refractivity contribution in [1.82, 2.24) is 0 Å². The second-order valence-corrected chi connectivity index (χ2v) is 5.54. The van der Waals surface area contributed by atoms with Crippen molar-refractivity contribution in [3.63, 3.8) is 0 Å². The minimum Gasteiger partial charge on any atom is -0.497 e. The maximum Gasteiger partial charge on any atom is 0.119 e. The molecule has 2 aromatic carbocycles. The number of hydrogen-bond acceptors (Lipinski definition) is 2. The zero-order chi connectivity index (χ0) is 13.7. The van der Waals surface area contributed by atoms with E-state index in [1.165, 1.54) is 20.9 Å². The standard InChI is InChI=1S/C17H20OS/c1-4-13-6-9-16(10-7-13)19-17-11-8-15(18-3)12-14(17)5-2/h6-12H,4-5H2,1-3H3. The molecule has 0 unspecified atom stereocenters. The molecular formula is C17H20OS. The first-order chi connectivity index (χ1) is 9.26. The highest BCUT2D eigenvalue weighted by Crippen LogP contribution is 2.33. The predicted octanol–water partition coefficient (Wildman–Crippen LogP) is 4.97. The van der Waals surface area contributed by atoms with Crippen molar-refractivity contribution in [3.05, 3.63) is 53.6 Å². The molecule has 0 aromatic heterocycles. The Balaban J connectivity index is 2.21. The van der Waals surface area contributed by atoms with Gasteiger partial charge in [-0.25, -0.2) is 0 Å². The fourth-order valence-corrected chi connectivity index (χ4v) is 2.98. The van der Waals surface area contributed by atoms with Crippen LogP contribution < -0.4 is 4.74 Å². The Hall–Kier alpha value is -1.41. The molecule has 0 spiro atoms. The molecule has 2 aromatic rings. The first-order valence-corrected chi connectivity index (χ1v) is 7.52. The molecule has 0 atom stereocenters. The average molecular weight is 272 g/mol. The molecule has 19 heavy (non-hydrogen) atoms. The van der Waals surface area contributed by atoms with E-state index in [0.29, 0.717) is 0 Å². The van der Waals surface area contributed by atoms with Gasteiger partial charge in [0.1, 0.15) is 5.75 Å². The van der Waals surface area contributed by atoms with Crippen LogP contribution in [0, 0.1) is 0 Å². The minimum atomic E-state index is 0.933. The summed E-state index contributed by atoms with van der Waals surface area (Å²) in [4.78, 5) is 2.60. The largest absolute Gasteiger partial charge is 0.497 e. The van der Waals surface area contributed by atoms with Crippen LogP contribution in [0.1, 0.15) is 25.0 Å². The summed E-state index contributed by atoms with van der Waals surface area (Å²) in [5.74, 6) is 0.933. The van der Waals surface area contributed by atoms with Crippen molar-refractivity contribution in [2.24, 2.45) is 0 Å². The lowest BCUT2D eigenvalue weighted by molar-refractivity contribution is 0.414. The molecule has 0 aliphatic rings. The fraction of sp³-hybridized carbons (Fsp3) is 0.294. The van der Waals surface area contributed by atoms with Gasteiger partial charge in [-0.3, -0.25) is 0 Å². The molecule has 2 rings (SSSR count). The van der Waals surface area contributed by atoms with Crippen molar-refractivity contribution < 1.29 is 4.74 Å². The van der Waals surface area contributed by atoms with Crippen LogP contribution in [0.5, 0.6) is 5.75 Å². The van der Waals surface area contributed by atoms with Gasteiger partial charge in [-0.15, -0.1) is 0 Å². The Morgan fingerprint density at radius 1 is 0.947 bits per heavy atom. The summed E-state index contributed by atoms with van der Waals surface area (Å²) in [6, 6.07) is 15.1. The van der Waals surface area contributed by atoms with Gasteiger partial charge in [-0.2, -0.15) is 0 Å². The highest BCUT2D eigenvalue weighted by Gasteiger charge is 2.05. The van der Waals surface area contributed by atoms with Crippen molar-refractivity contribution in [3.8, 4) is 5.75 Å². The number of benzene rings is 2. The molecule has 0 amide bonds. The van der Waals surface area contributed by atoms with Crippen LogP contribution in [-0.2, 0) is 12.8 Å². The lowest BCUT2D eigenvalue weighted by atomic mass is 10.1. The molecule has 0 radical (unpaired) electrons. The molecular weight excluding hydrogens is 252 g/mol. The number of rotatable bonds is 5. The van der Waals surface area contributed by atoms with Crippen LogP contribution in [0.4, 0.5) is 0 Å². The van der Waals surface area contributed by atoms with E-state index in [2.05, 4.69) is 50.2 Å². The topological polar surface area (TPSA) is 9.23 Å². The van der Waals surface area contributed by atoms with Gasteiger partial charge in [0.15, 0.2) is 0 Å². The van der Waals surface area contributed by atoms with Crippen LogP contribution in [0.2, 0.25) is 0 Å². The maximum atomic E-state index is 5.28. The van der Waals surface area contributed by atoms with Gasteiger partial charge in [-0.1, -0.05) is 37.7 Å². The normalized spacial score (nSPS) is 10.5. The van der Waals surface area contributed by atoms with Gasteiger partial charge in [-0.05, 0) is 54.3 Å². The summed E-state index contributed by atoms with van der Waals surface area (Å²) in [5, 5.41) is 0. The summed E-state index contributed by atoms with van der Waals surface area (Å²) < 4.78 is 5.28. The Morgan fingerprint density at radius 2 is 1.68 bits per heavy atom. The van der Waals surface area contributed by atoms with Crippen molar-refractivity contribution in [2.75, 3.05) is 7.11 Å². The second kappa shape index (κ2) is 6.67. The van der Waals surface area contributed by atoms with Crippen molar-refractivity contribution in [1.29, 1.82) is 0 Å². The Kier molecular flexibility index (Phi) is 4.92. The lowest BCUT2D eigenvalue weighted by Gasteiger charge is -2.10. The molecule has 0 saturated carbocycles. The number of ether oxygens (including phenoxy) is 1. The average Bonchev–Trinajstić information content (AvgIpc) is 2.48. The molecule has 1 nitrogen and oxygen atoms in total. The second-order valence-electron chi connectivity index (χ2n) is 4.43. The Labute approximate surface area is 120 Å². The first-order valence-electron chi connectivity index (χ1n) is 6.70. The summed E-state index contributed by atoms with van der Waals surface area (Å²) in [7, 11) is 1.71. The van der Waals surface area contributed by atoms with Gasteiger partial charge in [0.05, 0.1) is 7.11 Å². The number of methoxy groups -OCH3 is 1. The molecule has 0 saturated heterocycles. The van der Waals surface area contributed by atoms with E-state index >= 15 is 0 Å². The van der Waals surface area contributed by atoms with Gasteiger partial charge >= 0.3 is 0 Å². The lowest BCUT2D eigenvalue weighted by Crippen LogP contribution is -1.89. The van der Waals surface area contributed by atoms with Gasteiger partial charge in [0.2, 0.25) is 0 Å². The summed E-state index contributed by atoms with van der Waals surface area (Å²) >= 11 is 1.82. The van der Waals surface area contributed by atoms with Gasteiger partial charge in [0.25, 0.3) is 0 Å². The molecule has 0 aliphatic heterocycles. The summed E-state index contributed by atoms with van der Waals surface area (Å²) in [5.41, 5.74) is 2.72. The van der Waals surface area contributed by atoms with Crippen LogP contribution in [0.15, 0.2) is 52.3 Å². The zero-order valence-corrected chi connectivity index (χ0v) is 12.6. The molecule has 0 N–H and O–H groups in total. The van der Waals surface area contributed by atoms with Gasteiger partial charge in [0, 0.05) is 9.79 Å². The van der Waals surface area contributed by atoms with Gasteiger partial charge < -0.3 is 4.74 Å². The predicted molar refractivity (Wildman–Crippen MR) is 82.3 cm³/mol. The first kappa shape index (κ1) is 14.0. The SMILES string of the molecule is CCc1ccc(Sc2ccc(OC)cc2CC)cc1. The molecule has 0 fully saturated rings. The molecule has 100 valence electrons. The smallest absolute Gasteiger partial charge is 0.119 e. The van der Waals surface area contributed by atoms with E-state index in [-0.39, 0.29) is 0 Å². The maximum absolute atomic E-state index is 5.28. The molecule has 0 bridgehead atoms. The van der Waals surface area contributed by atoms with Crippen LogP contribution >= 0.6 is 11.8 Å². The monoisotopic (exact) mass is 272 g/mol. The Morgan fingerprint density at radius 3 is 2.26 bits per heavy atom. The van der Waals surface area contributed by atoms with E-state index in [4.69, 9.17) is 4.74 Å². The summed E-state index contributed by atoms with van der Waals surface area (Å²) in [6.45, 7) is 4.36. The summed E-state index contributed by atoms with van der Waals surface area (Å²) in [6.07, 6.45) is 2.11. The highest BCUT2D eigenvalue weighted by molar-refractivity contribution is 7.99. The minimum absolute atomic E-state index is 0.933. The van der Waals surface area contributed by atoms with Crippen LogP contribution in [0.3, 0.4) is 0 Å². The highest BCUT2D eigenvalue weighted by atomic mass is 32.2. The van der Waals surface area contributed by atoms with E-state index in [0.717, 1.165) is 18.6 Å². The van der Waals surface area contributed by atoms with Crippen LogP contribution in [-0.4, -0.2) is 7.11 Å². The van der Waals surface area contributed by atoms with Crippen molar-refractivity contribution in [2.45, 2.75) is 36.5 Å². The quantitative estimate of drug-likeness (QED) is 0.760. The third-order valence-electron chi connectivity index (χ3n) is 3.21. The third kappa shape index (κ3) is 3.54. The van der Waals surface area contributed by atoms with E-state index in [9.17, 15) is 0 Å². The van der Waals surface area contributed by atoms with E-state index in [1.807, 2.05) is 17.8 Å². The van der Waals surface area contributed by atoms with Crippen molar-refractivity contribution >= 4 is 11.8 Å². The fourth-order valence-electron chi connectivity index (χ4n) is 1.98. The van der Waals surface area contributed by atoms with E-state index < -0.39 is 0 Å². The molecule has 0 heterocycles. The Bertz CT molecular complexity index is 531. The van der Waals surface area contributed by atoms with E-state index in [1.54, 1.807) is 7.11 Å². The third-order valence-corrected chi connectivity index (χ3v) is 4.33.